The first-order valence-electron chi connectivity index (χ1n) is 8.60. The quantitative estimate of drug-likeness (QED) is 0.579. The summed E-state index contributed by atoms with van der Waals surface area (Å²) >= 11 is 9.21. The molecule has 0 radical (unpaired) electrons. The number of ether oxygens (including phenoxy) is 1. The SMILES string of the molecule is O=c1[nH]nc(OCC[C@@H](O)c2ccc(Cl)cc2)c(N2Cc3ncccc32)c1Br. The van der Waals surface area contributed by atoms with Crippen LogP contribution in [0.15, 0.2) is 51.9 Å². The minimum absolute atomic E-state index is 0.218. The van der Waals surface area contributed by atoms with Crippen molar-refractivity contribution in [3.63, 3.8) is 0 Å². The summed E-state index contributed by atoms with van der Waals surface area (Å²) in [5.74, 6) is 0.282. The Labute approximate surface area is 174 Å². The van der Waals surface area contributed by atoms with Crippen LogP contribution in [0.4, 0.5) is 11.4 Å². The summed E-state index contributed by atoms with van der Waals surface area (Å²) < 4.78 is 6.14. The molecule has 0 unspecified atom stereocenters. The number of aromatic amines is 1. The fourth-order valence-electron chi connectivity index (χ4n) is 3.00. The molecule has 7 nitrogen and oxygen atoms in total. The Balaban J connectivity index is 1.50. The first-order chi connectivity index (χ1) is 13.5. The Hall–Kier alpha value is -2.42. The van der Waals surface area contributed by atoms with E-state index in [9.17, 15) is 9.90 Å². The van der Waals surface area contributed by atoms with E-state index in [4.69, 9.17) is 16.3 Å². The van der Waals surface area contributed by atoms with Gasteiger partial charge in [0, 0.05) is 17.6 Å². The van der Waals surface area contributed by atoms with Gasteiger partial charge in [0.15, 0.2) is 0 Å². The van der Waals surface area contributed by atoms with Crippen LogP contribution in [0.25, 0.3) is 0 Å². The highest BCUT2D eigenvalue weighted by molar-refractivity contribution is 9.10. The van der Waals surface area contributed by atoms with Gasteiger partial charge in [-0.1, -0.05) is 23.7 Å². The summed E-state index contributed by atoms with van der Waals surface area (Å²) in [6.07, 6.45) is 1.40. The van der Waals surface area contributed by atoms with Crippen LogP contribution in [0.5, 0.6) is 5.88 Å². The Morgan fingerprint density at radius 3 is 2.86 bits per heavy atom. The lowest BCUT2D eigenvalue weighted by Crippen LogP contribution is -2.31. The first kappa shape index (κ1) is 18.9. The normalized spacial score (nSPS) is 13.6. The van der Waals surface area contributed by atoms with E-state index < -0.39 is 6.10 Å². The van der Waals surface area contributed by atoms with E-state index in [2.05, 4.69) is 31.1 Å². The van der Waals surface area contributed by atoms with E-state index >= 15 is 0 Å². The Kier molecular flexibility index (Phi) is 5.34. The molecule has 1 aliphatic heterocycles. The van der Waals surface area contributed by atoms with E-state index in [1.54, 1.807) is 30.5 Å². The van der Waals surface area contributed by atoms with Crippen molar-refractivity contribution in [3.8, 4) is 5.88 Å². The smallest absolute Gasteiger partial charge is 0.280 e. The lowest BCUT2D eigenvalue weighted by atomic mass is 10.1. The number of hydrogen-bond donors (Lipinski definition) is 2. The minimum atomic E-state index is -0.694. The molecule has 1 aromatic carbocycles. The van der Waals surface area contributed by atoms with Crippen LogP contribution in [0.2, 0.25) is 5.02 Å². The number of halogens is 2. The molecular formula is C19H16BrClN4O3. The largest absolute Gasteiger partial charge is 0.475 e. The van der Waals surface area contributed by atoms with Crippen molar-refractivity contribution in [2.75, 3.05) is 11.5 Å². The average Bonchev–Trinajstić information content (AvgIpc) is 2.68. The topological polar surface area (TPSA) is 91.3 Å². The Morgan fingerprint density at radius 1 is 1.32 bits per heavy atom. The van der Waals surface area contributed by atoms with Crippen molar-refractivity contribution in [2.45, 2.75) is 19.1 Å². The molecule has 0 saturated heterocycles. The highest BCUT2D eigenvalue weighted by atomic mass is 79.9. The number of pyridine rings is 1. The van der Waals surface area contributed by atoms with Crippen molar-refractivity contribution in [1.29, 1.82) is 0 Å². The summed E-state index contributed by atoms with van der Waals surface area (Å²) in [6.45, 7) is 0.777. The third-order valence-corrected chi connectivity index (χ3v) is 5.48. The van der Waals surface area contributed by atoms with Crippen molar-refractivity contribution in [1.82, 2.24) is 15.2 Å². The molecule has 0 aliphatic carbocycles. The van der Waals surface area contributed by atoms with Gasteiger partial charge in [0.05, 0.1) is 30.6 Å². The molecule has 0 saturated carbocycles. The zero-order valence-electron chi connectivity index (χ0n) is 14.6. The molecule has 28 heavy (non-hydrogen) atoms. The molecule has 0 bridgehead atoms. The first-order valence-corrected chi connectivity index (χ1v) is 9.77. The highest BCUT2D eigenvalue weighted by Crippen LogP contribution is 2.44. The molecular weight excluding hydrogens is 448 g/mol. The van der Waals surface area contributed by atoms with E-state index in [1.165, 1.54) is 0 Å². The standard InChI is InChI=1S/C19H16BrClN4O3/c20-16-17(25-10-13-14(25)2-1-8-22-13)19(24-23-18(16)27)28-9-7-15(26)11-3-5-12(21)6-4-11/h1-6,8,15,26H,7,9-10H2,(H,23,27)/t15-/m1/s1. The minimum Gasteiger partial charge on any atom is -0.475 e. The molecule has 1 aliphatic rings. The number of benzene rings is 1. The van der Waals surface area contributed by atoms with Gasteiger partial charge < -0.3 is 14.7 Å². The molecule has 2 N–H and O–H groups in total. The Bertz CT molecular complexity index is 1060. The summed E-state index contributed by atoms with van der Waals surface area (Å²) in [6, 6.07) is 10.8. The second-order valence-electron chi connectivity index (χ2n) is 6.28. The third kappa shape index (κ3) is 3.63. The maximum Gasteiger partial charge on any atom is 0.280 e. The molecule has 0 spiro atoms. The van der Waals surface area contributed by atoms with Gasteiger partial charge in [-0.25, -0.2) is 5.10 Å². The van der Waals surface area contributed by atoms with Crippen LogP contribution in [-0.4, -0.2) is 26.9 Å². The van der Waals surface area contributed by atoms with Gasteiger partial charge in [-0.15, -0.1) is 5.10 Å². The van der Waals surface area contributed by atoms with E-state index in [0.717, 1.165) is 16.9 Å². The lowest BCUT2D eigenvalue weighted by molar-refractivity contribution is 0.139. The molecule has 9 heteroatoms. The summed E-state index contributed by atoms with van der Waals surface area (Å²) in [5.41, 5.74) is 2.80. The number of H-pyrrole nitrogens is 1. The fourth-order valence-corrected chi connectivity index (χ4v) is 3.60. The molecule has 0 amide bonds. The summed E-state index contributed by atoms with van der Waals surface area (Å²) in [5, 5.41) is 17.4. The van der Waals surface area contributed by atoms with Crippen molar-refractivity contribution in [2.24, 2.45) is 0 Å². The van der Waals surface area contributed by atoms with Gasteiger partial charge in [0.1, 0.15) is 10.2 Å². The van der Waals surface area contributed by atoms with Crippen molar-refractivity contribution in [3.05, 3.63) is 73.7 Å². The number of hydrogen-bond acceptors (Lipinski definition) is 6. The van der Waals surface area contributed by atoms with Gasteiger partial charge in [-0.2, -0.15) is 0 Å². The number of nitrogens with zero attached hydrogens (tertiary/aromatic N) is 3. The maximum atomic E-state index is 12.0. The van der Waals surface area contributed by atoms with Crippen LogP contribution in [-0.2, 0) is 6.54 Å². The predicted molar refractivity (Wildman–Crippen MR) is 109 cm³/mol. The molecule has 3 aromatic rings. The molecule has 0 fully saturated rings. The number of anilines is 2. The average molecular weight is 464 g/mol. The fraction of sp³-hybridized carbons (Fsp3) is 0.211. The number of nitrogens with one attached hydrogen (secondary N) is 1. The number of aliphatic hydroxyl groups excluding tert-OH is 1. The molecule has 2 aromatic heterocycles. The third-order valence-electron chi connectivity index (χ3n) is 4.49. The van der Waals surface area contributed by atoms with E-state index in [-0.39, 0.29) is 18.0 Å². The number of rotatable bonds is 6. The van der Waals surface area contributed by atoms with Gasteiger partial charge in [0.25, 0.3) is 11.4 Å². The second-order valence-corrected chi connectivity index (χ2v) is 7.51. The van der Waals surface area contributed by atoms with Crippen LogP contribution >= 0.6 is 27.5 Å². The van der Waals surface area contributed by atoms with E-state index in [0.29, 0.717) is 28.1 Å². The van der Waals surface area contributed by atoms with Gasteiger partial charge in [0.2, 0.25) is 0 Å². The van der Waals surface area contributed by atoms with Crippen LogP contribution in [0.3, 0.4) is 0 Å². The summed E-state index contributed by atoms with van der Waals surface area (Å²) in [4.78, 5) is 18.2. The van der Waals surface area contributed by atoms with Gasteiger partial charge >= 0.3 is 0 Å². The lowest BCUT2D eigenvalue weighted by Gasteiger charge is -2.35. The Morgan fingerprint density at radius 2 is 2.11 bits per heavy atom. The molecule has 144 valence electrons. The predicted octanol–water partition coefficient (Wildman–Crippen LogP) is 3.74. The van der Waals surface area contributed by atoms with Crippen LogP contribution < -0.4 is 15.2 Å². The zero-order valence-corrected chi connectivity index (χ0v) is 16.9. The van der Waals surface area contributed by atoms with Crippen molar-refractivity contribution >= 4 is 38.9 Å². The maximum absolute atomic E-state index is 12.0. The molecule has 4 rings (SSSR count). The van der Waals surface area contributed by atoms with Crippen LogP contribution in [0.1, 0.15) is 23.8 Å². The monoisotopic (exact) mass is 462 g/mol. The van der Waals surface area contributed by atoms with Crippen molar-refractivity contribution < 1.29 is 9.84 Å². The van der Waals surface area contributed by atoms with E-state index in [1.807, 2.05) is 17.0 Å². The van der Waals surface area contributed by atoms with Gasteiger partial charge in [-0.3, -0.25) is 9.78 Å². The van der Waals surface area contributed by atoms with Gasteiger partial charge in [-0.05, 0) is 45.8 Å². The summed E-state index contributed by atoms with van der Waals surface area (Å²) in [7, 11) is 0. The zero-order chi connectivity index (χ0) is 19.7. The highest BCUT2D eigenvalue weighted by Gasteiger charge is 2.31. The number of aliphatic hydroxyl groups is 1. The van der Waals surface area contributed by atoms with Crippen LogP contribution in [0, 0.1) is 0 Å². The second kappa shape index (κ2) is 7.90. The molecule has 1 atom stereocenters. The number of fused-ring (bicyclic) bond motifs is 1. The molecule has 3 heterocycles. The number of aromatic nitrogens is 3.